The number of aryl methyl sites for hydroxylation is 1. The second-order valence-electron chi connectivity index (χ2n) is 6.74. The fraction of sp³-hybridized carbons (Fsp3) is 0.333. The number of nitrogens with zero attached hydrogens (tertiary/aromatic N) is 4. The minimum absolute atomic E-state index is 0.306. The Balaban J connectivity index is 1.36. The van der Waals surface area contributed by atoms with Gasteiger partial charge in [0.2, 0.25) is 11.8 Å². The van der Waals surface area contributed by atoms with Crippen LogP contribution in [0.4, 0.5) is 0 Å². The van der Waals surface area contributed by atoms with Crippen LogP contribution in [0.3, 0.4) is 0 Å². The smallest absolute Gasteiger partial charge is 0.223 e. The van der Waals surface area contributed by atoms with Crippen LogP contribution in [0.25, 0.3) is 0 Å². The molecule has 0 saturated heterocycles. The molecule has 0 amide bonds. The summed E-state index contributed by atoms with van der Waals surface area (Å²) >= 11 is 0. The Morgan fingerprint density at radius 1 is 1.04 bits per heavy atom. The lowest BCUT2D eigenvalue weighted by molar-refractivity contribution is 0.256. The summed E-state index contributed by atoms with van der Waals surface area (Å²) in [5, 5.41) is 0. The topological polar surface area (TPSA) is 79.2 Å². The van der Waals surface area contributed by atoms with E-state index >= 15 is 0 Å². The Morgan fingerprint density at radius 3 is 2.71 bits per heavy atom. The van der Waals surface area contributed by atoms with Gasteiger partial charge >= 0.3 is 0 Å². The molecule has 0 aliphatic heterocycles. The molecule has 0 spiro atoms. The lowest BCUT2D eigenvalue weighted by atomic mass is 10.2. The maximum Gasteiger partial charge on any atom is 0.223 e. The van der Waals surface area contributed by atoms with Gasteiger partial charge in [0.25, 0.3) is 0 Å². The first-order valence-corrected chi connectivity index (χ1v) is 9.22. The van der Waals surface area contributed by atoms with E-state index in [9.17, 15) is 0 Å². The Hall–Kier alpha value is -3.22. The molecule has 1 unspecified atom stereocenters. The molecule has 3 aromatic rings. The molecule has 0 aromatic carbocycles. The van der Waals surface area contributed by atoms with E-state index in [4.69, 9.17) is 14.2 Å². The molecule has 2 atom stereocenters. The van der Waals surface area contributed by atoms with E-state index in [1.54, 1.807) is 25.7 Å². The molecule has 4 rings (SSSR count). The number of aromatic nitrogens is 4. The largest absolute Gasteiger partial charge is 0.495 e. The summed E-state index contributed by atoms with van der Waals surface area (Å²) in [5.74, 6) is 3.41. The van der Waals surface area contributed by atoms with Gasteiger partial charge in [-0.05, 0) is 31.5 Å². The lowest BCUT2D eigenvalue weighted by Gasteiger charge is -2.11. The monoisotopic (exact) mass is 378 g/mol. The Kier molecular flexibility index (Phi) is 5.32. The maximum atomic E-state index is 6.02. The standard InChI is InChI=1S/C21H22N4O3/c1-14-23-10-16(13-27-20-5-3-4-8-22-20)21(25-14)28-12-15-9-18(15)19-7-6-17(26-2)11-24-19/h3-8,10-11,15,18H,9,12-13H2,1-2H3/t15-,18?/m1/s1. The van der Waals surface area contributed by atoms with Crippen molar-refractivity contribution in [2.24, 2.45) is 5.92 Å². The molecule has 7 nitrogen and oxygen atoms in total. The molecule has 0 N–H and O–H groups in total. The minimum atomic E-state index is 0.306. The highest BCUT2D eigenvalue weighted by Gasteiger charge is 2.40. The molecule has 7 heteroatoms. The number of methoxy groups -OCH3 is 1. The van der Waals surface area contributed by atoms with E-state index in [0.717, 1.165) is 23.4 Å². The number of hydrogen-bond donors (Lipinski definition) is 0. The molecule has 0 radical (unpaired) electrons. The highest BCUT2D eigenvalue weighted by atomic mass is 16.5. The van der Waals surface area contributed by atoms with Gasteiger partial charge in [-0.1, -0.05) is 6.07 Å². The molecule has 1 aliphatic rings. The summed E-state index contributed by atoms with van der Waals surface area (Å²) < 4.78 is 16.9. The van der Waals surface area contributed by atoms with Crippen LogP contribution in [0, 0.1) is 12.8 Å². The van der Waals surface area contributed by atoms with Crippen LogP contribution >= 0.6 is 0 Å². The highest BCUT2D eigenvalue weighted by molar-refractivity contribution is 5.26. The van der Waals surface area contributed by atoms with Crippen LogP contribution < -0.4 is 14.2 Å². The summed E-state index contributed by atoms with van der Waals surface area (Å²) in [6.45, 7) is 2.74. The molecule has 1 aliphatic carbocycles. The lowest BCUT2D eigenvalue weighted by Crippen LogP contribution is -2.08. The quantitative estimate of drug-likeness (QED) is 0.595. The summed E-state index contributed by atoms with van der Waals surface area (Å²) in [5.41, 5.74) is 1.88. The number of rotatable bonds is 8. The van der Waals surface area contributed by atoms with E-state index in [-0.39, 0.29) is 0 Å². The van der Waals surface area contributed by atoms with E-state index < -0.39 is 0 Å². The first-order valence-electron chi connectivity index (χ1n) is 9.22. The van der Waals surface area contributed by atoms with Gasteiger partial charge in [0.05, 0.1) is 25.5 Å². The zero-order valence-electron chi connectivity index (χ0n) is 15.9. The van der Waals surface area contributed by atoms with Crippen molar-refractivity contribution in [1.82, 2.24) is 19.9 Å². The summed E-state index contributed by atoms with van der Waals surface area (Å²) in [4.78, 5) is 17.3. The molecule has 1 saturated carbocycles. The first kappa shape index (κ1) is 18.2. The zero-order valence-corrected chi connectivity index (χ0v) is 15.9. The average Bonchev–Trinajstić information content (AvgIpc) is 3.52. The third-order valence-corrected chi connectivity index (χ3v) is 4.69. The van der Waals surface area contributed by atoms with E-state index in [2.05, 4.69) is 19.9 Å². The minimum Gasteiger partial charge on any atom is -0.495 e. The van der Waals surface area contributed by atoms with Crippen molar-refractivity contribution >= 4 is 0 Å². The van der Waals surface area contributed by atoms with E-state index in [1.807, 2.05) is 37.3 Å². The SMILES string of the molecule is COc1ccc(C2C[C@@H]2COc2nc(C)ncc2COc2ccccn2)nc1. The molecule has 3 aromatic heterocycles. The van der Waals surface area contributed by atoms with Crippen molar-refractivity contribution in [3.8, 4) is 17.5 Å². The van der Waals surface area contributed by atoms with Crippen LogP contribution in [0.15, 0.2) is 48.9 Å². The van der Waals surface area contributed by atoms with Crippen molar-refractivity contribution in [3.63, 3.8) is 0 Å². The molecule has 0 bridgehead atoms. The van der Waals surface area contributed by atoms with E-state index in [0.29, 0.717) is 42.6 Å². The molecule has 28 heavy (non-hydrogen) atoms. The Morgan fingerprint density at radius 2 is 1.96 bits per heavy atom. The molecule has 144 valence electrons. The van der Waals surface area contributed by atoms with Crippen LogP contribution in [-0.2, 0) is 6.61 Å². The predicted octanol–water partition coefficient (Wildman–Crippen LogP) is 3.35. The van der Waals surface area contributed by atoms with Gasteiger partial charge in [-0.2, -0.15) is 4.98 Å². The fourth-order valence-corrected chi connectivity index (χ4v) is 2.99. The van der Waals surface area contributed by atoms with E-state index in [1.165, 1.54) is 0 Å². The summed E-state index contributed by atoms with van der Waals surface area (Å²) in [6, 6.07) is 9.50. The van der Waals surface area contributed by atoms with Gasteiger partial charge in [0, 0.05) is 36.0 Å². The molecular weight excluding hydrogens is 356 g/mol. The Bertz CT molecular complexity index is 919. The van der Waals surface area contributed by atoms with Crippen molar-refractivity contribution in [2.75, 3.05) is 13.7 Å². The zero-order chi connectivity index (χ0) is 19.3. The van der Waals surface area contributed by atoms with Gasteiger partial charge < -0.3 is 14.2 Å². The highest BCUT2D eigenvalue weighted by Crippen LogP contribution is 2.47. The number of hydrogen-bond acceptors (Lipinski definition) is 7. The Labute approximate surface area is 163 Å². The molecular formula is C21H22N4O3. The maximum absolute atomic E-state index is 6.02. The summed E-state index contributed by atoms with van der Waals surface area (Å²) in [7, 11) is 1.64. The third kappa shape index (κ3) is 4.36. The van der Waals surface area contributed by atoms with Crippen LogP contribution in [-0.4, -0.2) is 33.7 Å². The molecule has 3 heterocycles. The van der Waals surface area contributed by atoms with Crippen molar-refractivity contribution in [1.29, 1.82) is 0 Å². The normalized spacial score (nSPS) is 17.8. The van der Waals surface area contributed by atoms with Crippen molar-refractivity contribution in [2.45, 2.75) is 25.9 Å². The van der Waals surface area contributed by atoms with Crippen LogP contribution in [0.5, 0.6) is 17.5 Å². The summed E-state index contributed by atoms with van der Waals surface area (Å²) in [6.07, 6.45) is 6.25. The first-order chi connectivity index (χ1) is 13.7. The van der Waals surface area contributed by atoms with Crippen LogP contribution in [0.2, 0.25) is 0 Å². The van der Waals surface area contributed by atoms with Gasteiger partial charge in [-0.15, -0.1) is 0 Å². The molecule has 1 fully saturated rings. The van der Waals surface area contributed by atoms with Crippen molar-refractivity contribution in [3.05, 3.63) is 66.0 Å². The van der Waals surface area contributed by atoms with Gasteiger partial charge in [-0.3, -0.25) is 4.98 Å². The average molecular weight is 378 g/mol. The predicted molar refractivity (Wildman–Crippen MR) is 102 cm³/mol. The van der Waals surface area contributed by atoms with Gasteiger partial charge in [0.1, 0.15) is 18.2 Å². The number of ether oxygens (including phenoxy) is 3. The second kappa shape index (κ2) is 8.21. The number of pyridine rings is 2. The third-order valence-electron chi connectivity index (χ3n) is 4.69. The second-order valence-corrected chi connectivity index (χ2v) is 6.74. The van der Waals surface area contributed by atoms with Gasteiger partial charge in [-0.25, -0.2) is 9.97 Å². The van der Waals surface area contributed by atoms with Crippen LogP contribution in [0.1, 0.15) is 29.4 Å². The fourth-order valence-electron chi connectivity index (χ4n) is 2.99. The van der Waals surface area contributed by atoms with Gasteiger partial charge in [0.15, 0.2) is 0 Å². The van der Waals surface area contributed by atoms with Crippen molar-refractivity contribution < 1.29 is 14.2 Å².